The van der Waals surface area contributed by atoms with Crippen LogP contribution >= 0.6 is 23.4 Å². The third-order valence-corrected chi connectivity index (χ3v) is 4.46. The second-order valence-corrected chi connectivity index (χ2v) is 6.70. The monoisotopic (exact) mass is 392 g/mol. The Hall–Kier alpha value is -2.38. The number of hydrogen-bond donors (Lipinski definition) is 0. The first-order chi connectivity index (χ1) is 12.5. The molecule has 1 heterocycles. The zero-order valence-electron chi connectivity index (χ0n) is 13.7. The molecule has 0 saturated heterocycles. The molecule has 0 aliphatic carbocycles. The fourth-order valence-electron chi connectivity index (χ4n) is 2.06. The van der Waals surface area contributed by atoms with Crippen LogP contribution in [-0.4, -0.2) is 21.7 Å². The summed E-state index contributed by atoms with van der Waals surface area (Å²) < 4.78 is 24.0. The standard InChI is InChI=1S/C18H14ClFN2O3S/c1-11(24-15-8-6-14(20)7-9-15)17-21-22-18(25-17)26-10-16(23)12-2-4-13(19)5-3-12/h2-9,11H,10H2,1H3/t11-/m0/s1. The number of ketones is 1. The van der Waals surface area contributed by atoms with Crippen molar-refractivity contribution in [1.82, 2.24) is 10.2 Å². The minimum atomic E-state index is -0.505. The van der Waals surface area contributed by atoms with Crippen LogP contribution in [0.1, 0.15) is 29.3 Å². The van der Waals surface area contributed by atoms with Crippen LogP contribution in [0.15, 0.2) is 58.2 Å². The number of hydrogen-bond acceptors (Lipinski definition) is 6. The predicted molar refractivity (Wildman–Crippen MR) is 96.2 cm³/mol. The number of carbonyl (C=O) groups is 1. The van der Waals surface area contributed by atoms with Crippen LogP contribution in [-0.2, 0) is 0 Å². The Labute approximate surface area is 158 Å². The molecule has 1 aromatic heterocycles. The Balaban J connectivity index is 1.56. The Morgan fingerprint density at radius 2 is 1.88 bits per heavy atom. The van der Waals surface area contributed by atoms with Gasteiger partial charge in [-0.2, -0.15) is 0 Å². The van der Waals surface area contributed by atoms with Crippen molar-refractivity contribution in [3.05, 3.63) is 70.8 Å². The maximum atomic E-state index is 12.9. The fourth-order valence-corrected chi connectivity index (χ4v) is 2.85. The number of Topliss-reactive ketones (excluding diaryl/α,β-unsaturated/α-hetero) is 1. The van der Waals surface area contributed by atoms with E-state index in [9.17, 15) is 9.18 Å². The summed E-state index contributed by atoms with van der Waals surface area (Å²) in [6, 6.07) is 12.3. The quantitative estimate of drug-likeness (QED) is 0.417. The average Bonchev–Trinajstić information content (AvgIpc) is 3.11. The normalized spacial score (nSPS) is 12.0. The highest BCUT2D eigenvalue weighted by Crippen LogP contribution is 2.24. The molecule has 134 valence electrons. The highest BCUT2D eigenvalue weighted by molar-refractivity contribution is 7.99. The molecule has 5 nitrogen and oxygen atoms in total. The number of rotatable bonds is 7. The summed E-state index contributed by atoms with van der Waals surface area (Å²) in [4.78, 5) is 12.1. The molecule has 3 aromatic rings. The average molecular weight is 393 g/mol. The molecule has 0 spiro atoms. The highest BCUT2D eigenvalue weighted by Gasteiger charge is 2.17. The number of nitrogens with zero attached hydrogens (tertiary/aromatic N) is 2. The van der Waals surface area contributed by atoms with Gasteiger partial charge in [0.05, 0.1) is 5.75 Å². The minimum absolute atomic E-state index is 0.0676. The van der Waals surface area contributed by atoms with Gasteiger partial charge in [-0.15, -0.1) is 10.2 Å². The molecule has 0 amide bonds. The van der Waals surface area contributed by atoms with Gasteiger partial charge < -0.3 is 9.15 Å². The molecule has 0 saturated carbocycles. The minimum Gasteiger partial charge on any atom is -0.481 e. The number of ether oxygens (including phenoxy) is 1. The molecular weight excluding hydrogens is 379 g/mol. The lowest BCUT2D eigenvalue weighted by molar-refractivity contribution is 0.102. The zero-order chi connectivity index (χ0) is 18.5. The van der Waals surface area contributed by atoms with Crippen LogP contribution < -0.4 is 4.74 Å². The van der Waals surface area contributed by atoms with Crippen molar-refractivity contribution >= 4 is 29.1 Å². The molecule has 0 N–H and O–H groups in total. The lowest BCUT2D eigenvalue weighted by atomic mass is 10.1. The molecule has 0 radical (unpaired) electrons. The fraction of sp³-hybridized carbons (Fsp3) is 0.167. The van der Waals surface area contributed by atoms with Gasteiger partial charge in [0.1, 0.15) is 11.6 Å². The number of benzene rings is 2. The van der Waals surface area contributed by atoms with Crippen molar-refractivity contribution in [2.24, 2.45) is 0 Å². The molecule has 0 bridgehead atoms. The van der Waals surface area contributed by atoms with E-state index in [0.717, 1.165) is 11.8 Å². The van der Waals surface area contributed by atoms with Gasteiger partial charge >= 0.3 is 0 Å². The number of aromatic nitrogens is 2. The van der Waals surface area contributed by atoms with Gasteiger partial charge in [-0.05, 0) is 55.5 Å². The van der Waals surface area contributed by atoms with E-state index in [1.165, 1.54) is 24.3 Å². The maximum absolute atomic E-state index is 12.9. The first-order valence-corrected chi connectivity index (χ1v) is 9.05. The number of carbonyl (C=O) groups excluding carboxylic acids is 1. The Morgan fingerprint density at radius 3 is 2.58 bits per heavy atom. The van der Waals surface area contributed by atoms with Gasteiger partial charge in [-0.25, -0.2) is 4.39 Å². The second kappa shape index (κ2) is 8.33. The van der Waals surface area contributed by atoms with Crippen LogP contribution in [0.3, 0.4) is 0 Å². The lowest BCUT2D eigenvalue weighted by Gasteiger charge is -2.10. The van der Waals surface area contributed by atoms with Crippen LogP contribution in [0.5, 0.6) is 5.75 Å². The zero-order valence-corrected chi connectivity index (χ0v) is 15.3. The van der Waals surface area contributed by atoms with Crippen molar-refractivity contribution in [3.8, 4) is 5.75 Å². The van der Waals surface area contributed by atoms with E-state index in [4.69, 9.17) is 20.8 Å². The van der Waals surface area contributed by atoms with Gasteiger partial charge in [0.2, 0.25) is 0 Å². The molecule has 0 unspecified atom stereocenters. The smallest absolute Gasteiger partial charge is 0.277 e. The van der Waals surface area contributed by atoms with Crippen molar-refractivity contribution in [1.29, 1.82) is 0 Å². The van der Waals surface area contributed by atoms with E-state index in [1.807, 2.05) is 0 Å². The van der Waals surface area contributed by atoms with E-state index in [0.29, 0.717) is 16.3 Å². The van der Waals surface area contributed by atoms with Crippen LogP contribution in [0.4, 0.5) is 4.39 Å². The van der Waals surface area contributed by atoms with Crippen molar-refractivity contribution < 1.29 is 18.3 Å². The van der Waals surface area contributed by atoms with E-state index < -0.39 is 6.10 Å². The lowest BCUT2D eigenvalue weighted by Crippen LogP contribution is -2.03. The molecule has 1 atom stereocenters. The first kappa shape index (κ1) is 18.4. The molecule has 8 heteroatoms. The van der Waals surface area contributed by atoms with Gasteiger partial charge in [0.25, 0.3) is 11.1 Å². The largest absolute Gasteiger partial charge is 0.481 e. The Bertz CT molecular complexity index is 884. The number of halogens is 2. The third-order valence-electron chi connectivity index (χ3n) is 3.39. The van der Waals surface area contributed by atoms with Gasteiger partial charge in [0, 0.05) is 10.6 Å². The highest BCUT2D eigenvalue weighted by atomic mass is 35.5. The van der Waals surface area contributed by atoms with Crippen LogP contribution in [0.2, 0.25) is 5.02 Å². The van der Waals surface area contributed by atoms with Crippen molar-refractivity contribution in [3.63, 3.8) is 0 Å². The van der Waals surface area contributed by atoms with E-state index in [1.54, 1.807) is 31.2 Å². The summed E-state index contributed by atoms with van der Waals surface area (Å²) in [5.74, 6) is 0.519. The Morgan fingerprint density at radius 1 is 1.19 bits per heavy atom. The van der Waals surface area contributed by atoms with Crippen molar-refractivity contribution in [2.75, 3.05) is 5.75 Å². The Kier molecular flexibility index (Phi) is 5.90. The molecular formula is C18H14ClFN2O3S. The third kappa shape index (κ3) is 4.83. The molecule has 0 aliphatic heterocycles. The van der Waals surface area contributed by atoms with Crippen molar-refractivity contribution in [2.45, 2.75) is 18.3 Å². The summed E-state index contributed by atoms with van der Waals surface area (Å²) in [6.45, 7) is 1.74. The summed E-state index contributed by atoms with van der Waals surface area (Å²) in [5, 5.41) is 8.68. The molecule has 2 aromatic carbocycles. The molecule has 0 fully saturated rings. The summed E-state index contributed by atoms with van der Waals surface area (Å²) in [5.41, 5.74) is 0.564. The molecule has 0 aliphatic rings. The van der Waals surface area contributed by atoms with E-state index in [-0.39, 0.29) is 28.5 Å². The van der Waals surface area contributed by atoms with E-state index in [2.05, 4.69) is 10.2 Å². The topological polar surface area (TPSA) is 65.2 Å². The summed E-state index contributed by atoms with van der Waals surface area (Å²) >= 11 is 6.95. The van der Waals surface area contributed by atoms with Crippen LogP contribution in [0.25, 0.3) is 0 Å². The summed E-state index contributed by atoms with van der Waals surface area (Å²) in [6.07, 6.45) is -0.505. The van der Waals surface area contributed by atoms with Gasteiger partial charge in [-0.1, -0.05) is 23.4 Å². The molecule has 26 heavy (non-hydrogen) atoms. The van der Waals surface area contributed by atoms with Gasteiger partial charge in [-0.3, -0.25) is 4.79 Å². The summed E-state index contributed by atoms with van der Waals surface area (Å²) in [7, 11) is 0. The number of thioether (sulfide) groups is 1. The van der Waals surface area contributed by atoms with Gasteiger partial charge in [0.15, 0.2) is 11.9 Å². The predicted octanol–water partition coefficient (Wildman–Crippen LogP) is 4.98. The second-order valence-electron chi connectivity index (χ2n) is 5.34. The maximum Gasteiger partial charge on any atom is 0.277 e. The SMILES string of the molecule is C[C@H](Oc1ccc(F)cc1)c1nnc(SCC(=O)c2ccc(Cl)cc2)o1. The first-order valence-electron chi connectivity index (χ1n) is 7.68. The van der Waals surface area contributed by atoms with Crippen LogP contribution in [0, 0.1) is 5.82 Å². The van der Waals surface area contributed by atoms with E-state index >= 15 is 0 Å². The molecule has 3 rings (SSSR count).